The Morgan fingerprint density at radius 1 is 1.59 bits per heavy atom. The van der Waals surface area contributed by atoms with Crippen molar-refractivity contribution < 1.29 is 4.74 Å². The summed E-state index contributed by atoms with van der Waals surface area (Å²) in [6.07, 6.45) is 4.65. The number of hydrogen-bond acceptors (Lipinski definition) is 4. The standard InChI is InChI=1S/C13H22N2OS/c1-4-8-14-10(2)11-9-17-12(15-11)13(16-3)6-5-7-13/h9-10,14H,4-8H2,1-3H3. The minimum Gasteiger partial charge on any atom is -0.371 e. The van der Waals surface area contributed by atoms with Gasteiger partial charge in [-0.05, 0) is 39.2 Å². The fraction of sp³-hybridized carbons (Fsp3) is 0.769. The lowest BCUT2D eigenvalue weighted by Crippen LogP contribution is -2.36. The summed E-state index contributed by atoms with van der Waals surface area (Å²) in [6, 6.07) is 0.342. The lowest BCUT2D eigenvalue weighted by atomic mass is 9.80. The highest BCUT2D eigenvalue weighted by molar-refractivity contribution is 7.09. The molecule has 1 N–H and O–H groups in total. The smallest absolute Gasteiger partial charge is 0.125 e. The predicted octanol–water partition coefficient (Wildman–Crippen LogP) is 3.23. The molecule has 0 saturated heterocycles. The van der Waals surface area contributed by atoms with Crippen LogP contribution in [0.15, 0.2) is 5.38 Å². The number of aromatic nitrogens is 1. The van der Waals surface area contributed by atoms with Gasteiger partial charge in [-0.1, -0.05) is 6.92 Å². The van der Waals surface area contributed by atoms with Gasteiger partial charge in [0.05, 0.1) is 5.69 Å². The Balaban J connectivity index is 2.05. The average Bonchev–Trinajstić information content (AvgIpc) is 2.75. The van der Waals surface area contributed by atoms with Gasteiger partial charge in [0.1, 0.15) is 10.6 Å². The second kappa shape index (κ2) is 5.46. The molecule has 0 aliphatic heterocycles. The third-order valence-corrected chi connectivity index (χ3v) is 4.65. The van der Waals surface area contributed by atoms with E-state index in [4.69, 9.17) is 9.72 Å². The van der Waals surface area contributed by atoms with Crippen LogP contribution in [0.4, 0.5) is 0 Å². The molecule has 1 aromatic heterocycles. The number of rotatable bonds is 6. The average molecular weight is 254 g/mol. The molecule has 1 aliphatic carbocycles. The van der Waals surface area contributed by atoms with Gasteiger partial charge in [-0.2, -0.15) is 0 Å². The topological polar surface area (TPSA) is 34.1 Å². The van der Waals surface area contributed by atoms with Crippen LogP contribution in [0.25, 0.3) is 0 Å². The summed E-state index contributed by atoms with van der Waals surface area (Å²) in [7, 11) is 1.80. The summed E-state index contributed by atoms with van der Waals surface area (Å²) < 4.78 is 5.66. The van der Waals surface area contributed by atoms with Crippen LogP contribution in [-0.4, -0.2) is 18.6 Å². The molecule has 17 heavy (non-hydrogen) atoms. The normalized spacial score (nSPS) is 19.9. The van der Waals surface area contributed by atoms with Crippen molar-refractivity contribution in [3.63, 3.8) is 0 Å². The number of nitrogens with one attached hydrogen (secondary N) is 1. The SMILES string of the molecule is CCCNC(C)c1csc(C2(OC)CCC2)n1. The molecular weight excluding hydrogens is 232 g/mol. The highest BCUT2D eigenvalue weighted by Gasteiger charge is 2.41. The monoisotopic (exact) mass is 254 g/mol. The summed E-state index contributed by atoms with van der Waals surface area (Å²) >= 11 is 1.74. The fourth-order valence-corrected chi connectivity index (χ4v) is 3.31. The Hall–Kier alpha value is -0.450. The fourth-order valence-electron chi connectivity index (χ4n) is 2.16. The van der Waals surface area contributed by atoms with Crippen LogP contribution < -0.4 is 5.32 Å². The van der Waals surface area contributed by atoms with Crippen molar-refractivity contribution in [1.29, 1.82) is 0 Å². The number of hydrogen-bond donors (Lipinski definition) is 1. The van der Waals surface area contributed by atoms with E-state index < -0.39 is 0 Å². The molecule has 1 aliphatic rings. The first-order valence-electron chi connectivity index (χ1n) is 6.46. The molecular formula is C13H22N2OS. The molecule has 1 unspecified atom stereocenters. The van der Waals surface area contributed by atoms with E-state index in [1.165, 1.54) is 6.42 Å². The maximum absolute atomic E-state index is 5.66. The molecule has 3 nitrogen and oxygen atoms in total. The molecule has 1 fully saturated rings. The van der Waals surface area contributed by atoms with E-state index >= 15 is 0 Å². The van der Waals surface area contributed by atoms with Crippen LogP contribution >= 0.6 is 11.3 Å². The van der Waals surface area contributed by atoms with Gasteiger partial charge in [0.2, 0.25) is 0 Å². The zero-order valence-corrected chi connectivity index (χ0v) is 11.8. The van der Waals surface area contributed by atoms with Crippen molar-refractivity contribution in [2.75, 3.05) is 13.7 Å². The van der Waals surface area contributed by atoms with Gasteiger partial charge < -0.3 is 10.1 Å². The van der Waals surface area contributed by atoms with Crippen molar-refractivity contribution in [2.24, 2.45) is 0 Å². The number of nitrogens with zero attached hydrogens (tertiary/aromatic N) is 1. The van der Waals surface area contributed by atoms with Gasteiger partial charge >= 0.3 is 0 Å². The summed E-state index contributed by atoms with van der Waals surface area (Å²) in [6.45, 7) is 5.40. The molecule has 0 radical (unpaired) electrons. The molecule has 2 rings (SSSR count). The first kappa shape index (κ1) is 13.0. The van der Waals surface area contributed by atoms with Gasteiger partial charge in [-0.3, -0.25) is 0 Å². The zero-order valence-electron chi connectivity index (χ0n) is 11.0. The van der Waals surface area contributed by atoms with Gasteiger partial charge in [-0.15, -0.1) is 11.3 Å². The lowest BCUT2D eigenvalue weighted by molar-refractivity contribution is -0.0780. The first-order valence-corrected chi connectivity index (χ1v) is 7.34. The first-order chi connectivity index (χ1) is 8.22. The molecule has 0 spiro atoms. The molecule has 0 aromatic carbocycles. The van der Waals surface area contributed by atoms with E-state index in [-0.39, 0.29) is 5.60 Å². The van der Waals surface area contributed by atoms with Crippen molar-refractivity contribution in [3.05, 3.63) is 16.1 Å². The molecule has 1 atom stereocenters. The van der Waals surface area contributed by atoms with Crippen LogP contribution in [0.3, 0.4) is 0 Å². The van der Waals surface area contributed by atoms with E-state index in [2.05, 4.69) is 24.5 Å². The van der Waals surface area contributed by atoms with Gasteiger partial charge in [0.25, 0.3) is 0 Å². The van der Waals surface area contributed by atoms with Crippen LogP contribution in [-0.2, 0) is 10.3 Å². The minimum atomic E-state index is -0.0621. The summed E-state index contributed by atoms with van der Waals surface area (Å²) in [5.74, 6) is 0. The highest BCUT2D eigenvalue weighted by Crippen LogP contribution is 2.45. The molecule has 0 bridgehead atoms. The predicted molar refractivity (Wildman–Crippen MR) is 71.4 cm³/mol. The van der Waals surface area contributed by atoms with E-state index in [1.54, 1.807) is 18.4 Å². The Kier molecular flexibility index (Phi) is 4.17. The van der Waals surface area contributed by atoms with Crippen LogP contribution in [0.1, 0.15) is 56.3 Å². The third-order valence-electron chi connectivity index (χ3n) is 3.61. The van der Waals surface area contributed by atoms with Crippen molar-refractivity contribution in [2.45, 2.75) is 51.2 Å². The second-order valence-electron chi connectivity index (χ2n) is 4.81. The molecule has 0 amide bonds. The molecule has 4 heteroatoms. The third kappa shape index (κ3) is 2.54. The number of ether oxygens (including phenoxy) is 1. The maximum atomic E-state index is 5.66. The Bertz CT molecular complexity index is 355. The quantitative estimate of drug-likeness (QED) is 0.846. The summed E-state index contributed by atoms with van der Waals surface area (Å²) in [5, 5.41) is 6.80. The molecule has 1 saturated carbocycles. The van der Waals surface area contributed by atoms with Gasteiger partial charge in [0.15, 0.2) is 0 Å². The Labute approximate surface area is 108 Å². The van der Waals surface area contributed by atoms with E-state index in [9.17, 15) is 0 Å². The van der Waals surface area contributed by atoms with E-state index in [0.717, 1.165) is 36.5 Å². The second-order valence-corrected chi connectivity index (χ2v) is 5.66. The largest absolute Gasteiger partial charge is 0.371 e. The number of methoxy groups -OCH3 is 1. The maximum Gasteiger partial charge on any atom is 0.125 e. The molecule has 96 valence electrons. The van der Waals surface area contributed by atoms with Gasteiger partial charge in [-0.25, -0.2) is 4.98 Å². The van der Waals surface area contributed by atoms with Crippen LogP contribution in [0.2, 0.25) is 0 Å². The van der Waals surface area contributed by atoms with E-state index in [0.29, 0.717) is 6.04 Å². The van der Waals surface area contributed by atoms with Crippen molar-refractivity contribution >= 4 is 11.3 Å². The van der Waals surface area contributed by atoms with Crippen LogP contribution in [0.5, 0.6) is 0 Å². The van der Waals surface area contributed by atoms with Gasteiger partial charge in [0, 0.05) is 18.5 Å². The minimum absolute atomic E-state index is 0.0621. The molecule has 1 aromatic rings. The Morgan fingerprint density at radius 2 is 2.35 bits per heavy atom. The van der Waals surface area contributed by atoms with Crippen molar-refractivity contribution in [3.8, 4) is 0 Å². The Morgan fingerprint density at radius 3 is 2.88 bits per heavy atom. The van der Waals surface area contributed by atoms with Crippen molar-refractivity contribution in [1.82, 2.24) is 10.3 Å². The summed E-state index contributed by atoms with van der Waals surface area (Å²) in [5.41, 5.74) is 1.09. The number of thiazole rings is 1. The van der Waals surface area contributed by atoms with E-state index in [1.807, 2.05) is 0 Å². The zero-order chi connectivity index (χ0) is 12.3. The van der Waals surface area contributed by atoms with Crippen LogP contribution in [0, 0.1) is 0 Å². The highest BCUT2D eigenvalue weighted by atomic mass is 32.1. The summed E-state index contributed by atoms with van der Waals surface area (Å²) in [4.78, 5) is 4.76. The molecule has 1 heterocycles. The lowest BCUT2D eigenvalue weighted by Gasteiger charge is -2.38.